The maximum absolute atomic E-state index is 11.2. The number of hydrogen-bond donors (Lipinski definition) is 1. The molecule has 1 N–H and O–H groups in total. The third-order valence-electron chi connectivity index (χ3n) is 1.01. The third kappa shape index (κ3) is 4.85. The zero-order chi connectivity index (χ0) is 9.45. The van der Waals surface area contributed by atoms with Gasteiger partial charge in [-0.25, -0.2) is 9.82 Å². The maximum Gasteiger partial charge on any atom is 0.501 e. The molecule has 0 rings (SSSR count). The van der Waals surface area contributed by atoms with Gasteiger partial charge in [-0.15, -0.1) is 4.67 Å². The van der Waals surface area contributed by atoms with Crippen LogP contribution in [0.1, 0.15) is 26.7 Å². The lowest BCUT2D eigenvalue weighted by Crippen LogP contribution is -1.99. The molecule has 0 amide bonds. The van der Waals surface area contributed by atoms with E-state index in [0.717, 1.165) is 0 Å². The van der Waals surface area contributed by atoms with Crippen molar-refractivity contribution in [3.05, 3.63) is 0 Å². The summed E-state index contributed by atoms with van der Waals surface area (Å²) in [5.74, 6) is 0. The summed E-state index contributed by atoms with van der Waals surface area (Å²) in [6.07, 6.45) is 1.37. The molecule has 6 heteroatoms. The molecule has 74 valence electrons. The van der Waals surface area contributed by atoms with Crippen molar-refractivity contribution in [1.82, 2.24) is 0 Å². The van der Waals surface area contributed by atoms with E-state index in [1.165, 1.54) is 0 Å². The Morgan fingerprint density at radius 3 is 1.83 bits per heavy atom. The first-order chi connectivity index (χ1) is 5.68. The van der Waals surface area contributed by atoms with Crippen LogP contribution in [0.15, 0.2) is 0 Å². The second-order valence-corrected chi connectivity index (χ2v) is 3.77. The fraction of sp³-hybridized carbons (Fsp3) is 1.00. The van der Waals surface area contributed by atoms with Gasteiger partial charge < -0.3 is 0 Å². The molecule has 0 aromatic heterocycles. The minimum absolute atomic E-state index is 0.238. The molecule has 0 fully saturated rings. The van der Waals surface area contributed by atoms with Gasteiger partial charge in [0.1, 0.15) is 0 Å². The molecule has 0 spiro atoms. The molecule has 0 aromatic carbocycles. The normalized spacial score (nSPS) is 11.9. The molecule has 0 aromatic rings. The second-order valence-electron chi connectivity index (χ2n) is 2.20. The number of phosphoric ester groups is 1. The van der Waals surface area contributed by atoms with Crippen molar-refractivity contribution in [2.75, 3.05) is 13.2 Å². The Bertz CT molecular complexity index is 137. The van der Waals surface area contributed by atoms with Crippen LogP contribution in [0.25, 0.3) is 0 Å². The number of hydrogen-bond acceptors (Lipinski definition) is 5. The SMILES string of the molecule is CCCOP(=O)(OO)OCCC. The summed E-state index contributed by atoms with van der Waals surface area (Å²) in [5.41, 5.74) is 0. The molecule has 0 bridgehead atoms. The van der Waals surface area contributed by atoms with Crippen molar-refractivity contribution in [1.29, 1.82) is 0 Å². The highest BCUT2D eigenvalue weighted by Gasteiger charge is 2.25. The fourth-order valence-corrected chi connectivity index (χ4v) is 1.47. The lowest BCUT2D eigenvalue weighted by molar-refractivity contribution is -0.166. The molecule has 0 atom stereocenters. The van der Waals surface area contributed by atoms with Crippen LogP contribution in [-0.4, -0.2) is 18.5 Å². The van der Waals surface area contributed by atoms with Crippen LogP contribution in [-0.2, 0) is 18.3 Å². The monoisotopic (exact) mass is 198 g/mol. The van der Waals surface area contributed by atoms with Crippen LogP contribution in [0.3, 0.4) is 0 Å². The highest BCUT2D eigenvalue weighted by Crippen LogP contribution is 2.48. The van der Waals surface area contributed by atoms with Crippen molar-refractivity contribution in [2.24, 2.45) is 0 Å². The van der Waals surface area contributed by atoms with Crippen molar-refractivity contribution < 1.29 is 23.5 Å². The number of phosphoric acid groups is 1. The van der Waals surface area contributed by atoms with E-state index in [4.69, 9.17) is 14.3 Å². The van der Waals surface area contributed by atoms with Gasteiger partial charge in [0.05, 0.1) is 13.2 Å². The Morgan fingerprint density at radius 1 is 1.17 bits per heavy atom. The summed E-state index contributed by atoms with van der Waals surface area (Å²) < 4.78 is 24.2. The van der Waals surface area contributed by atoms with Gasteiger partial charge in [-0.1, -0.05) is 13.8 Å². The highest BCUT2D eigenvalue weighted by atomic mass is 31.2. The minimum atomic E-state index is -3.68. The van der Waals surface area contributed by atoms with Gasteiger partial charge in [-0.05, 0) is 12.8 Å². The summed E-state index contributed by atoms with van der Waals surface area (Å²) in [5, 5.41) is 8.23. The molecule has 0 saturated carbocycles. The van der Waals surface area contributed by atoms with E-state index in [-0.39, 0.29) is 13.2 Å². The molecular weight excluding hydrogens is 183 g/mol. The van der Waals surface area contributed by atoms with Gasteiger partial charge in [0.2, 0.25) is 0 Å². The zero-order valence-electron chi connectivity index (χ0n) is 7.36. The smallest absolute Gasteiger partial charge is 0.285 e. The lowest BCUT2D eigenvalue weighted by Gasteiger charge is -2.12. The van der Waals surface area contributed by atoms with Crippen molar-refractivity contribution in [3.8, 4) is 0 Å². The third-order valence-corrected chi connectivity index (χ3v) is 2.20. The van der Waals surface area contributed by atoms with Crippen molar-refractivity contribution >= 4 is 7.82 Å². The van der Waals surface area contributed by atoms with E-state index in [1.807, 2.05) is 13.8 Å². The first-order valence-corrected chi connectivity index (χ1v) is 5.37. The fourth-order valence-electron chi connectivity index (χ4n) is 0.491. The first kappa shape index (κ1) is 12.1. The Balaban J connectivity index is 3.79. The van der Waals surface area contributed by atoms with Crippen LogP contribution in [0.2, 0.25) is 0 Å². The van der Waals surface area contributed by atoms with Gasteiger partial charge >= 0.3 is 7.82 Å². The quantitative estimate of drug-likeness (QED) is 0.386. The summed E-state index contributed by atoms with van der Waals surface area (Å²) >= 11 is 0. The molecule has 5 nitrogen and oxygen atoms in total. The largest absolute Gasteiger partial charge is 0.501 e. The van der Waals surface area contributed by atoms with Crippen LogP contribution < -0.4 is 0 Å². The molecule has 0 aliphatic heterocycles. The standard InChI is InChI=1S/C6H15O5P/c1-3-5-9-12(8,11-7)10-6-4-2/h7H,3-6H2,1-2H3. The Morgan fingerprint density at radius 2 is 1.58 bits per heavy atom. The van der Waals surface area contributed by atoms with Gasteiger partial charge in [0, 0.05) is 0 Å². The predicted molar refractivity (Wildman–Crippen MR) is 43.8 cm³/mol. The Kier molecular flexibility index (Phi) is 6.61. The van der Waals surface area contributed by atoms with Crippen molar-refractivity contribution in [3.63, 3.8) is 0 Å². The first-order valence-electron chi connectivity index (χ1n) is 3.90. The minimum Gasteiger partial charge on any atom is -0.285 e. The van der Waals surface area contributed by atoms with E-state index in [1.54, 1.807) is 0 Å². The lowest BCUT2D eigenvalue weighted by atomic mass is 10.5. The van der Waals surface area contributed by atoms with Gasteiger partial charge in [0.25, 0.3) is 0 Å². The van der Waals surface area contributed by atoms with E-state index in [0.29, 0.717) is 12.8 Å². The molecule has 0 unspecified atom stereocenters. The van der Waals surface area contributed by atoms with Crippen LogP contribution >= 0.6 is 7.82 Å². The number of rotatable bonds is 7. The second kappa shape index (κ2) is 6.57. The zero-order valence-corrected chi connectivity index (χ0v) is 8.25. The summed E-state index contributed by atoms with van der Waals surface area (Å²) in [6.45, 7) is 4.17. The average Bonchev–Trinajstić information content (AvgIpc) is 2.11. The Hall–Kier alpha value is 0.0700. The van der Waals surface area contributed by atoms with Crippen molar-refractivity contribution in [2.45, 2.75) is 26.7 Å². The summed E-state index contributed by atoms with van der Waals surface area (Å²) in [7, 11) is -3.68. The molecule has 0 aliphatic carbocycles. The van der Waals surface area contributed by atoms with Gasteiger partial charge in [-0.3, -0.25) is 9.05 Å². The predicted octanol–water partition coefficient (Wildman–Crippen LogP) is 2.44. The highest BCUT2D eigenvalue weighted by molar-refractivity contribution is 7.48. The van der Waals surface area contributed by atoms with Gasteiger partial charge in [0.15, 0.2) is 0 Å². The molecule has 0 heterocycles. The van der Waals surface area contributed by atoms with Crippen LogP contribution in [0, 0.1) is 0 Å². The van der Waals surface area contributed by atoms with E-state index in [2.05, 4.69) is 4.67 Å². The summed E-state index contributed by atoms with van der Waals surface area (Å²) in [4.78, 5) is 0. The molecule has 12 heavy (non-hydrogen) atoms. The van der Waals surface area contributed by atoms with Crippen LogP contribution in [0.5, 0.6) is 0 Å². The topological polar surface area (TPSA) is 65.0 Å². The van der Waals surface area contributed by atoms with E-state index >= 15 is 0 Å². The van der Waals surface area contributed by atoms with Crippen LogP contribution in [0.4, 0.5) is 0 Å². The molecular formula is C6H15O5P. The van der Waals surface area contributed by atoms with E-state index < -0.39 is 7.82 Å². The average molecular weight is 198 g/mol. The van der Waals surface area contributed by atoms with Gasteiger partial charge in [-0.2, -0.15) is 0 Å². The molecule has 0 radical (unpaired) electrons. The molecule has 0 saturated heterocycles. The molecule has 0 aliphatic rings. The Labute approximate surface area is 72.2 Å². The maximum atomic E-state index is 11.2. The van der Waals surface area contributed by atoms with E-state index in [9.17, 15) is 4.57 Å². The summed E-state index contributed by atoms with van der Waals surface area (Å²) in [6, 6.07) is 0.